The summed E-state index contributed by atoms with van der Waals surface area (Å²) in [6.07, 6.45) is -9.91. The second kappa shape index (κ2) is 25.8. The van der Waals surface area contributed by atoms with Gasteiger partial charge in [0.25, 0.3) is 10.0 Å². The van der Waals surface area contributed by atoms with Gasteiger partial charge in [0, 0.05) is 57.7 Å². The van der Waals surface area contributed by atoms with E-state index in [9.17, 15) is 48.8 Å². The first-order chi connectivity index (χ1) is 33.5. The molecule has 3 saturated heterocycles. The number of nitrogens with one attached hydrogen (secondary N) is 1. The zero-order valence-electron chi connectivity index (χ0n) is 44.4. The van der Waals surface area contributed by atoms with Gasteiger partial charge < -0.3 is 63.8 Å². The number of aliphatic hydroxyl groups excluding tert-OH is 3. The maximum atomic E-state index is 14.6. The van der Waals surface area contributed by atoms with Crippen molar-refractivity contribution in [3.63, 3.8) is 0 Å². The lowest BCUT2D eigenvalue weighted by Crippen LogP contribution is -2.60. The number of hydrogen-bond acceptors (Lipinski definition) is 18. The number of carbonyl (C=O) groups is 2. The van der Waals surface area contributed by atoms with Crippen LogP contribution < -0.4 is 4.72 Å². The van der Waals surface area contributed by atoms with E-state index < -0.39 is 118 Å². The normalized spacial score (nSPS) is 39.0. The topological polar surface area (TPSA) is 270 Å². The summed E-state index contributed by atoms with van der Waals surface area (Å²) < 4.78 is 66.5. The molecule has 22 heteroatoms. The summed E-state index contributed by atoms with van der Waals surface area (Å²) >= 11 is 6.16. The number of esters is 1. The molecule has 1 unspecified atom stereocenters. The number of hydrogen-bond donors (Lipinski definition) is 6. The second-order valence-electron chi connectivity index (χ2n) is 21.3. The van der Waals surface area contributed by atoms with E-state index in [0.29, 0.717) is 6.42 Å². The Morgan fingerprint density at radius 3 is 2.25 bits per heavy atom. The Hall–Kier alpha value is -2.79. The van der Waals surface area contributed by atoms with Crippen LogP contribution in [-0.4, -0.2) is 198 Å². The highest BCUT2D eigenvalue weighted by atomic mass is 35.5. The molecule has 3 heterocycles. The van der Waals surface area contributed by atoms with Gasteiger partial charge in [-0.1, -0.05) is 44.5 Å². The second-order valence-corrected chi connectivity index (χ2v) is 23.4. The number of halogens is 1. The fraction of sp³-hybridized carbons (Fsp3) is 0.820. The third-order valence-electron chi connectivity index (χ3n) is 15.0. The molecule has 412 valence electrons. The van der Waals surface area contributed by atoms with Gasteiger partial charge in [-0.05, 0) is 106 Å². The smallest absolute Gasteiger partial charge is 0.331 e. The van der Waals surface area contributed by atoms with Crippen molar-refractivity contribution in [3.8, 4) is 6.07 Å². The Morgan fingerprint density at radius 1 is 1.00 bits per heavy atom. The van der Waals surface area contributed by atoms with Crippen molar-refractivity contribution in [2.45, 2.75) is 203 Å². The van der Waals surface area contributed by atoms with Crippen molar-refractivity contribution < 1.29 is 72.0 Å². The largest absolute Gasteiger partial charge is 0.459 e. The standard InChI is InChI=1S/C50H84ClN5O15S/c1-14-38-50(10,63)42(58)33(6)56(24-18-23-55(22-17-21-52)47(61)53-72(64,65)37-20-16-15-19-35(37)51)28-29(2)26-48(8,62)44(71-46-40(57)36(54(11)12)25-30(3)67-46)31(4)41(32(5)45(60)69-38)70-39-27-49(9,66-13)43(59)34(7)68-39/h15-16,19-20,29-34,36,38-44,46,57-59,62-63H,14,17-18,22-28H2,1-13H3,(H,53,61)/t29-,30+,31-,32+,33-,34-,36+,38-,39?,40+,41+,42-,43-,44-,46-,48-,49+,50-/m1/s1. The number of carbonyl (C=O) groups excluding carboxylic acids is 2. The number of methoxy groups -OCH3 is 1. The number of ether oxygens (including phenoxy) is 6. The van der Waals surface area contributed by atoms with Crippen molar-refractivity contribution in [1.29, 1.82) is 5.26 Å². The Balaban J connectivity index is 1.78. The van der Waals surface area contributed by atoms with Gasteiger partial charge in [0.1, 0.15) is 34.9 Å². The number of benzene rings is 1. The van der Waals surface area contributed by atoms with Crippen molar-refractivity contribution in [1.82, 2.24) is 19.4 Å². The fourth-order valence-corrected chi connectivity index (χ4v) is 12.3. The predicted octanol–water partition coefficient (Wildman–Crippen LogP) is 3.63. The fourth-order valence-electron chi connectivity index (χ4n) is 10.8. The van der Waals surface area contributed by atoms with Crippen molar-refractivity contribution >= 4 is 33.6 Å². The molecule has 0 saturated carbocycles. The zero-order chi connectivity index (χ0) is 54.3. The van der Waals surface area contributed by atoms with E-state index in [0.717, 1.165) is 0 Å². The van der Waals surface area contributed by atoms with Crippen LogP contribution >= 0.6 is 11.6 Å². The van der Waals surface area contributed by atoms with E-state index in [2.05, 4.69) is 4.72 Å². The highest BCUT2D eigenvalue weighted by molar-refractivity contribution is 7.90. The summed E-state index contributed by atoms with van der Waals surface area (Å²) in [6, 6.07) is 5.46. The highest BCUT2D eigenvalue weighted by Crippen LogP contribution is 2.40. The van der Waals surface area contributed by atoms with Gasteiger partial charge in [0.2, 0.25) is 0 Å². The SMILES string of the molecule is CC[C@H]1OC(=O)[C@@H](C)[C@@H](OC2C[C@](C)(OC)[C@H](O)[C@@H](C)O2)[C@@H](C)[C@@H](O[C@H]2O[C@@H](C)C[C@H](N(C)C)[C@@H]2O)[C@](C)(O)C[C@@H](C)CN(CCCN(CCC#N)C(=O)NS(=O)(=O)c2ccccc2Cl)[C@H](C)[C@@H](O)[C@]1(C)O. The van der Waals surface area contributed by atoms with Crippen LogP contribution in [0.2, 0.25) is 5.02 Å². The Kier molecular flexibility index (Phi) is 22.2. The molecule has 0 spiro atoms. The molecule has 20 nitrogen and oxygen atoms in total. The van der Waals surface area contributed by atoms with Gasteiger partial charge in [-0.15, -0.1) is 0 Å². The van der Waals surface area contributed by atoms with Crippen molar-refractivity contribution in [2.24, 2.45) is 17.8 Å². The molecule has 1 aromatic rings. The molecule has 2 amide bonds. The minimum atomic E-state index is -4.40. The summed E-state index contributed by atoms with van der Waals surface area (Å²) in [5, 5.41) is 69.6. The lowest BCUT2D eigenvalue weighted by Gasteiger charge is -2.48. The molecule has 0 aliphatic carbocycles. The van der Waals surface area contributed by atoms with E-state index in [4.69, 9.17) is 40.0 Å². The van der Waals surface area contributed by atoms with Gasteiger partial charge >= 0.3 is 12.0 Å². The lowest BCUT2D eigenvalue weighted by atomic mass is 9.77. The van der Waals surface area contributed by atoms with Gasteiger partial charge in [0.15, 0.2) is 12.6 Å². The average molecular weight is 1060 g/mol. The first kappa shape index (κ1) is 61.8. The van der Waals surface area contributed by atoms with Crippen LogP contribution in [0.5, 0.6) is 0 Å². The summed E-state index contributed by atoms with van der Waals surface area (Å²) in [4.78, 5) is 32.9. The van der Waals surface area contributed by atoms with Crippen LogP contribution in [0.3, 0.4) is 0 Å². The van der Waals surface area contributed by atoms with E-state index in [1.165, 1.54) is 37.1 Å². The minimum absolute atomic E-state index is 0.0304. The van der Waals surface area contributed by atoms with E-state index in [-0.39, 0.29) is 80.3 Å². The molecular weight excluding hydrogens is 978 g/mol. The molecule has 0 radical (unpaired) electrons. The maximum Gasteiger partial charge on any atom is 0.331 e. The molecule has 18 atom stereocenters. The summed E-state index contributed by atoms with van der Waals surface area (Å²) in [7, 11) is 0.761. The Labute approximate surface area is 432 Å². The van der Waals surface area contributed by atoms with Crippen molar-refractivity contribution in [2.75, 3.05) is 47.4 Å². The number of cyclic esters (lactones) is 1. The number of aliphatic hydroxyl groups is 5. The minimum Gasteiger partial charge on any atom is -0.459 e. The molecule has 6 N–H and O–H groups in total. The van der Waals surface area contributed by atoms with Crippen molar-refractivity contribution in [3.05, 3.63) is 29.3 Å². The number of amides is 2. The Morgan fingerprint density at radius 2 is 1.65 bits per heavy atom. The van der Waals surface area contributed by atoms with E-state index >= 15 is 0 Å². The van der Waals surface area contributed by atoms with Crippen LogP contribution in [0.1, 0.15) is 108 Å². The van der Waals surface area contributed by atoms with Gasteiger partial charge in [0.05, 0.1) is 59.0 Å². The molecule has 3 fully saturated rings. The van der Waals surface area contributed by atoms with Gasteiger partial charge in [-0.25, -0.2) is 17.9 Å². The predicted molar refractivity (Wildman–Crippen MR) is 267 cm³/mol. The van der Waals surface area contributed by atoms with Crippen LogP contribution in [-0.2, 0) is 43.2 Å². The number of nitriles is 1. The molecule has 72 heavy (non-hydrogen) atoms. The molecule has 3 aliphatic heterocycles. The molecule has 3 aliphatic rings. The quantitative estimate of drug-likeness (QED) is 0.137. The van der Waals surface area contributed by atoms with Crippen LogP contribution in [0.25, 0.3) is 0 Å². The highest BCUT2D eigenvalue weighted by Gasteiger charge is 2.53. The van der Waals surface area contributed by atoms with Crippen LogP contribution in [0.15, 0.2) is 29.2 Å². The summed E-state index contributed by atoms with van der Waals surface area (Å²) in [6.45, 7) is 17.1. The van der Waals surface area contributed by atoms with Gasteiger partial charge in [-0.3, -0.25) is 9.69 Å². The van der Waals surface area contributed by atoms with Gasteiger partial charge in [-0.2, -0.15) is 5.26 Å². The molecule has 0 bridgehead atoms. The molecule has 4 rings (SSSR count). The molecule has 1 aromatic carbocycles. The Bertz CT molecular complexity index is 2080. The number of nitrogens with zero attached hydrogens (tertiary/aromatic N) is 4. The first-order valence-electron chi connectivity index (χ1n) is 25.2. The summed E-state index contributed by atoms with van der Waals surface area (Å²) in [5.41, 5.74) is -4.90. The lowest BCUT2D eigenvalue weighted by molar-refractivity contribution is -0.318. The molecule has 0 aromatic heterocycles. The zero-order valence-corrected chi connectivity index (χ0v) is 46.0. The number of rotatable bonds is 15. The van der Waals surface area contributed by atoms with E-state index in [1.54, 1.807) is 54.5 Å². The maximum absolute atomic E-state index is 14.6. The number of sulfonamides is 1. The van der Waals surface area contributed by atoms with Crippen LogP contribution in [0.4, 0.5) is 4.79 Å². The monoisotopic (exact) mass is 1060 g/mol. The third kappa shape index (κ3) is 15.0. The van der Waals surface area contributed by atoms with E-state index in [1.807, 2.05) is 43.8 Å². The number of likely N-dealkylation sites (N-methyl/N-ethyl adjacent to an activating group) is 1. The first-order valence-corrected chi connectivity index (χ1v) is 27.0. The summed E-state index contributed by atoms with van der Waals surface area (Å²) in [5.74, 6) is -3.22. The average Bonchev–Trinajstić information content (AvgIpc) is 3.30. The van der Waals surface area contributed by atoms with Crippen LogP contribution in [0, 0.1) is 29.1 Å². The number of urea groups is 1. The third-order valence-corrected chi connectivity index (χ3v) is 16.9. The molecular formula is C50H84ClN5O15S.